The van der Waals surface area contributed by atoms with Crippen molar-refractivity contribution in [2.75, 3.05) is 6.26 Å². The first-order chi connectivity index (χ1) is 8.10. The summed E-state index contributed by atoms with van der Waals surface area (Å²) < 4.78 is 0. The number of carbonyl (C=O) groups is 1. The molecule has 0 bridgehead atoms. The van der Waals surface area contributed by atoms with Crippen LogP contribution in [0.3, 0.4) is 0 Å². The molecule has 3 unspecified atom stereocenters. The van der Waals surface area contributed by atoms with E-state index in [4.69, 9.17) is 5.26 Å². The number of carbonyl (C=O) groups excluding carboxylic acids is 1. The molecular weight excluding hydrogens is 232 g/mol. The van der Waals surface area contributed by atoms with Crippen LogP contribution in [0.15, 0.2) is 0 Å². The van der Waals surface area contributed by atoms with Gasteiger partial charge in [-0.1, -0.05) is 26.7 Å². The van der Waals surface area contributed by atoms with E-state index < -0.39 is 5.92 Å². The summed E-state index contributed by atoms with van der Waals surface area (Å²) >= 11 is 1.83. The van der Waals surface area contributed by atoms with Gasteiger partial charge in [-0.25, -0.2) is 0 Å². The fraction of sp³-hybridized carbons (Fsp3) is 0.846. The van der Waals surface area contributed by atoms with Crippen LogP contribution < -0.4 is 5.32 Å². The van der Waals surface area contributed by atoms with Crippen molar-refractivity contribution in [2.24, 2.45) is 11.8 Å². The van der Waals surface area contributed by atoms with E-state index in [1.54, 1.807) is 0 Å². The minimum atomic E-state index is -0.514. The van der Waals surface area contributed by atoms with Crippen LogP contribution in [0, 0.1) is 23.2 Å². The molecule has 0 aliphatic heterocycles. The molecule has 0 aromatic rings. The molecule has 1 fully saturated rings. The number of nitrogens with zero attached hydrogens (tertiary/aromatic N) is 1. The van der Waals surface area contributed by atoms with Gasteiger partial charge < -0.3 is 5.32 Å². The molecule has 0 aromatic heterocycles. The van der Waals surface area contributed by atoms with Gasteiger partial charge in [0.15, 0.2) is 0 Å². The fourth-order valence-corrected chi connectivity index (χ4v) is 3.26. The zero-order chi connectivity index (χ0) is 12.8. The molecule has 0 radical (unpaired) electrons. The predicted octanol–water partition coefficient (Wildman–Crippen LogP) is 2.57. The average molecular weight is 254 g/mol. The fourth-order valence-electron chi connectivity index (χ4n) is 2.33. The second kappa shape index (κ2) is 6.90. The lowest BCUT2D eigenvalue weighted by molar-refractivity contribution is -0.125. The summed E-state index contributed by atoms with van der Waals surface area (Å²) in [5.74, 6) is -0.524. The van der Waals surface area contributed by atoms with Gasteiger partial charge in [0.05, 0.1) is 6.07 Å². The Morgan fingerprint density at radius 2 is 2.06 bits per heavy atom. The van der Waals surface area contributed by atoms with Crippen molar-refractivity contribution in [1.82, 2.24) is 5.32 Å². The highest BCUT2D eigenvalue weighted by atomic mass is 32.2. The minimum absolute atomic E-state index is 0.0799. The zero-order valence-electron chi connectivity index (χ0n) is 10.9. The van der Waals surface area contributed by atoms with Crippen LogP contribution in [0.25, 0.3) is 0 Å². The molecule has 3 atom stereocenters. The van der Waals surface area contributed by atoms with Crippen molar-refractivity contribution in [1.29, 1.82) is 5.26 Å². The maximum Gasteiger partial charge on any atom is 0.237 e. The van der Waals surface area contributed by atoms with Gasteiger partial charge in [-0.2, -0.15) is 17.0 Å². The molecule has 17 heavy (non-hydrogen) atoms. The highest BCUT2D eigenvalue weighted by Crippen LogP contribution is 2.27. The quantitative estimate of drug-likeness (QED) is 0.839. The molecule has 4 heteroatoms. The third-order valence-electron chi connectivity index (χ3n) is 3.42. The van der Waals surface area contributed by atoms with E-state index in [1.165, 1.54) is 19.3 Å². The maximum atomic E-state index is 12.0. The van der Waals surface area contributed by atoms with E-state index in [0.717, 1.165) is 6.42 Å². The number of rotatable bonds is 4. The van der Waals surface area contributed by atoms with Gasteiger partial charge in [0.1, 0.15) is 5.92 Å². The van der Waals surface area contributed by atoms with Crippen LogP contribution in [0.4, 0.5) is 0 Å². The molecule has 0 aromatic carbocycles. The summed E-state index contributed by atoms with van der Waals surface area (Å²) in [5.41, 5.74) is 0. The van der Waals surface area contributed by atoms with Crippen molar-refractivity contribution < 1.29 is 4.79 Å². The molecule has 96 valence electrons. The first-order valence-electron chi connectivity index (χ1n) is 6.33. The van der Waals surface area contributed by atoms with Crippen molar-refractivity contribution in [3.63, 3.8) is 0 Å². The SMILES string of the molecule is CSC1CCCCC1NC(=O)C(C#N)C(C)C. The first kappa shape index (κ1) is 14.4. The molecule has 1 rings (SSSR count). The smallest absolute Gasteiger partial charge is 0.237 e. The standard InChI is InChI=1S/C13H22N2OS/c1-9(2)10(8-14)13(16)15-11-6-4-5-7-12(11)17-3/h9-12H,4-7H2,1-3H3,(H,15,16). The molecule has 1 aliphatic carbocycles. The third-order valence-corrected chi connectivity index (χ3v) is 4.59. The molecule has 0 heterocycles. The van der Waals surface area contributed by atoms with Gasteiger partial charge >= 0.3 is 0 Å². The van der Waals surface area contributed by atoms with Crippen LogP contribution in [-0.4, -0.2) is 23.5 Å². The Balaban J connectivity index is 2.57. The summed E-state index contributed by atoms with van der Waals surface area (Å²) in [7, 11) is 0. The summed E-state index contributed by atoms with van der Waals surface area (Å²) in [5, 5.41) is 12.6. The van der Waals surface area contributed by atoms with Crippen LogP contribution in [0.2, 0.25) is 0 Å². The van der Waals surface area contributed by atoms with Crippen LogP contribution in [0.5, 0.6) is 0 Å². The number of thioether (sulfide) groups is 1. The largest absolute Gasteiger partial charge is 0.351 e. The van der Waals surface area contributed by atoms with Crippen LogP contribution in [0.1, 0.15) is 39.5 Å². The molecule has 0 spiro atoms. The number of hydrogen-bond acceptors (Lipinski definition) is 3. The summed E-state index contributed by atoms with van der Waals surface area (Å²) in [6.07, 6.45) is 6.75. The van der Waals surface area contributed by atoms with Crippen LogP contribution in [-0.2, 0) is 4.79 Å². The third kappa shape index (κ3) is 3.92. The van der Waals surface area contributed by atoms with E-state index in [2.05, 4.69) is 17.6 Å². The summed E-state index contributed by atoms with van der Waals surface area (Å²) in [6, 6.07) is 2.36. The lowest BCUT2D eigenvalue weighted by Gasteiger charge is -2.31. The summed E-state index contributed by atoms with van der Waals surface area (Å²) in [4.78, 5) is 12.0. The van der Waals surface area contributed by atoms with E-state index in [9.17, 15) is 4.79 Å². The normalized spacial score (nSPS) is 26.3. The Kier molecular flexibility index (Phi) is 5.84. The molecule has 0 saturated heterocycles. The Morgan fingerprint density at radius 1 is 1.41 bits per heavy atom. The Hall–Kier alpha value is -0.690. The average Bonchev–Trinajstić information content (AvgIpc) is 2.30. The van der Waals surface area contributed by atoms with Crippen molar-refractivity contribution >= 4 is 17.7 Å². The van der Waals surface area contributed by atoms with Crippen molar-refractivity contribution in [3.05, 3.63) is 0 Å². The maximum absolute atomic E-state index is 12.0. The van der Waals surface area contributed by atoms with Gasteiger partial charge in [-0.05, 0) is 25.0 Å². The van der Waals surface area contributed by atoms with E-state index in [-0.39, 0.29) is 17.9 Å². The zero-order valence-corrected chi connectivity index (χ0v) is 11.7. The number of amides is 1. The van der Waals surface area contributed by atoms with Crippen molar-refractivity contribution in [2.45, 2.75) is 50.8 Å². The monoisotopic (exact) mass is 254 g/mol. The van der Waals surface area contributed by atoms with Gasteiger partial charge in [0, 0.05) is 11.3 Å². The van der Waals surface area contributed by atoms with Crippen molar-refractivity contribution in [3.8, 4) is 6.07 Å². The van der Waals surface area contributed by atoms with Gasteiger partial charge in [-0.3, -0.25) is 4.79 Å². The molecule has 1 saturated carbocycles. The second-order valence-corrected chi connectivity index (χ2v) is 6.10. The lowest BCUT2D eigenvalue weighted by Crippen LogP contribution is -2.46. The lowest BCUT2D eigenvalue weighted by atomic mass is 9.92. The van der Waals surface area contributed by atoms with Crippen LogP contribution >= 0.6 is 11.8 Å². The van der Waals surface area contributed by atoms with Gasteiger partial charge in [-0.15, -0.1) is 0 Å². The molecule has 3 nitrogen and oxygen atoms in total. The molecule has 1 aliphatic rings. The number of nitrogens with one attached hydrogen (secondary N) is 1. The Labute approximate surface area is 108 Å². The Bertz CT molecular complexity index is 298. The minimum Gasteiger partial charge on any atom is -0.351 e. The molecular formula is C13H22N2OS. The topological polar surface area (TPSA) is 52.9 Å². The summed E-state index contributed by atoms with van der Waals surface area (Å²) in [6.45, 7) is 3.83. The Morgan fingerprint density at radius 3 is 2.59 bits per heavy atom. The highest BCUT2D eigenvalue weighted by Gasteiger charge is 2.29. The predicted molar refractivity (Wildman–Crippen MR) is 71.6 cm³/mol. The van der Waals surface area contributed by atoms with Gasteiger partial charge in [0.25, 0.3) is 0 Å². The molecule has 1 N–H and O–H groups in total. The second-order valence-electron chi connectivity index (χ2n) is 5.02. The highest BCUT2D eigenvalue weighted by molar-refractivity contribution is 7.99. The number of hydrogen-bond donors (Lipinski definition) is 1. The molecule has 1 amide bonds. The van der Waals surface area contributed by atoms with Gasteiger partial charge in [0.2, 0.25) is 5.91 Å². The van der Waals surface area contributed by atoms with E-state index in [1.807, 2.05) is 25.6 Å². The first-order valence-corrected chi connectivity index (χ1v) is 7.61. The number of nitriles is 1. The van der Waals surface area contributed by atoms with E-state index in [0.29, 0.717) is 5.25 Å². The van der Waals surface area contributed by atoms with E-state index >= 15 is 0 Å².